The second-order valence-electron chi connectivity index (χ2n) is 7.60. The highest BCUT2D eigenvalue weighted by Gasteiger charge is 2.32. The van der Waals surface area contributed by atoms with Crippen molar-refractivity contribution in [3.63, 3.8) is 0 Å². The summed E-state index contributed by atoms with van der Waals surface area (Å²) in [5, 5.41) is 2.66. The lowest BCUT2D eigenvalue weighted by atomic mass is 10.1. The monoisotopic (exact) mass is 450 g/mol. The third-order valence-electron chi connectivity index (χ3n) is 5.49. The number of pyridine rings is 1. The van der Waals surface area contributed by atoms with Crippen molar-refractivity contribution in [2.45, 2.75) is 13.1 Å². The van der Waals surface area contributed by atoms with Crippen LogP contribution in [0.2, 0.25) is 5.02 Å². The minimum absolute atomic E-state index is 0.367. The van der Waals surface area contributed by atoms with E-state index in [0.29, 0.717) is 36.9 Å². The van der Waals surface area contributed by atoms with Crippen LogP contribution in [-0.2, 0) is 22.7 Å². The van der Waals surface area contributed by atoms with Crippen LogP contribution in [0.15, 0.2) is 54.7 Å². The SMILES string of the molecule is Nc1ccnc2cc(CN3CCN(Cc4cc5ccc(Cl)cc5s4)C(=O)C3=O)ccc12. The van der Waals surface area contributed by atoms with Gasteiger partial charge in [-0.1, -0.05) is 29.8 Å². The van der Waals surface area contributed by atoms with Gasteiger partial charge in [0, 0.05) is 51.5 Å². The van der Waals surface area contributed by atoms with Crippen LogP contribution < -0.4 is 5.73 Å². The molecule has 1 aliphatic heterocycles. The normalized spacial score (nSPS) is 14.7. The molecule has 1 fully saturated rings. The number of aromatic nitrogens is 1. The molecule has 0 aliphatic carbocycles. The van der Waals surface area contributed by atoms with E-state index in [1.165, 1.54) is 0 Å². The zero-order valence-corrected chi connectivity index (χ0v) is 18.1. The quantitative estimate of drug-likeness (QED) is 0.475. The van der Waals surface area contributed by atoms with Gasteiger partial charge in [0.25, 0.3) is 0 Å². The molecule has 0 unspecified atom stereocenters. The third-order valence-corrected chi connectivity index (χ3v) is 6.81. The molecule has 2 amide bonds. The van der Waals surface area contributed by atoms with Crippen LogP contribution in [0, 0.1) is 0 Å². The molecule has 0 spiro atoms. The Bertz CT molecular complexity index is 1340. The Morgan fingerprint density at radius 1 is 0.968 bits per heavy atom. The number of fused-ring (bicyclic) bond motifs is 2. The van der Waals surface area contributed by atoms with E-state index in [2.05, 4.69) is 4.98 Å². The summed E-state index contributed by atoms with van der Waals surface area (Å²) in [6.45, 7) is 1.78. The van der Waals surface area contributed by atoms with Crippen LogP contribution in [0.5, 0.6) is 0 Å². The molecule has 2 N–H and O–H groups in total. The molecule has 1 aliphatic rings. The molecule has 5 rings (SSSR count). The van der Waals surface area contributed by atoms with Gasteiger partial charge in [-0.2, -0.15) is 0 Å². The predicted molar refractivity (Wildman–Crippen MR) is 124 cm³/mol. The first-order valence-corrected chi connectivity index (χ1v) is 11.1. The number of carbonyl (C=O) groups excluding carboxylic acids is 2. The molecule has 2 aromatic carbocycles. The molecule has 8 heteroatoms. The Hall–Kier alpha value is -3.16. The highest BCUT2D eigenvalue weighted by molar-refractivity contribution is 7.19. The summed E-state index contributed by atoms with van der Waals surface area (Å²) < 4.78 is 1.07. The Kier molecular flexibility index (Phi) is 5.00. The molecule has 3 heterocycles. The number of nitrogens with two attached hydrogens (primary N) is 1. The Morgan fingerprint density at radius 2 is 1.74 bits per heavy atom. The van der Waals surface area contributed by atoms with Gasteiger partial charge < -0.3 is 15.5 Å². The van der Waals surface area contributed by atoms with E-state index < -0.39 is 11.8 Å². The van der Waals surface area contributed by atoms with E-state index in [-0.39, 0.29) is 0 Å². The number of benzene rings is 2. The summed E-state index contributed by atoms with van der Waals surface area (Å²) in [6.07, 6.45) is 1.66. The topological polar surface area (TPSA) is 79.5 Å². The smallest absolute Gasteiger partial charge is 0.312 e. The fourth-order valence-corrected chi connectivity index (χ4v) is 5.23. The van der Waals surface area contributed by atoms with E-state index >= 15 is 0 Å². The fourth-order valence-electron chi connectivity index (χ4n) is 3.88. The molecule has 0 atom stereocenters. The number of carbonyl (C=O) groups is 2. The van der Waals surface area contributed by atoms with Crippen molar-refractivity contribution in [2.75, 3.05) is 18.8 Å². The van der Waals surface area contributed by atoms with Gasteiger partial charge in [0.1, 0.15) is 0 Å². The van der Waals surface area contributed by atoms with Crippen LogP contribution in [0.4, 0.5) is 5.69 Å². The van der Waals surface area contributed by atoms with Crippen molar-refractivity contribution in [1.29, 1.82) is 0 Å². The average Bonchev–Trinajstić information content (AvgIpc) is 3.15. The highest BCUT2D eigenvalue weighted by atomic mass is 35.5. The number of nitrogen functional groups attached to an aromatic ring is 1. The van der Waals surface area contributed by atoms with Crippen molar-refractivity contribution in [1.82, 2.24) is 14.8 Å². The number of piperazine rings is 1. The van der Waals surface area contributed by atoms with E-state index in [4.69, 9.17) is 17.3 Å². The molecule has 1 saturated heterocycles. The molecule has 4 aromatic rings. The van der Waals surface area contributed by atoms with Crippen molar-refractivity contribution >= 4 is 61.4 Å². The molecule has 0 bridgehead atoms. The maximum Gasteiger partial charge on any atom is 0.312 e. The maximum atomic E-state index is 12.7. The van der Waals surface area contributed by atoms with Crippen LogP contribution >= 0.6 is 22.9 Å². The molecular weight excluding hydrogens is 432 g/mol. The van der Waals surface area contributed by atoms with Crippen LogP contribution in [-0.4, -0.2) is 39.7 Å². The summed E-state index contributed by atoms with van der Waals surface area (Å²) in [4.78, 5) is 34.1. The largest absolute Gasteiger partial charge is 0.398 e. The number of halogens is 1. The Balaban J connectivity index is 1.29. The summed E-state index contributed by atoms with van der Waals surface area (Å²) >= 11 is 7.66. The highest BCUT2D eigenvalue weighted by Crippen LogP contribution is 2.29. The number of hydrogen-bond acceptors (Lipinski definition) is 5. The molecule has 0 radical (unpaired) electrons. The predicted octanol–water partition coefficient (Wildman–Crippen LogP) is 4.06. The van der Waals surface area contributed by atoms with Gasteiger partial charge >= 0.3 is 11.8 Å². The lowest BCUT2D eigenvalue weighted by molar-refractivity contribution is -0.156. The number of amides is 2. The summed E-state index contributed by atoms with van der Waals surface area (Å²) in [5.41, 5.74) is 8.34. The molecule has 6 nitrogen and oxygen atoms in total. The lowest BCUT2D eigenvalue weighted by Crippen LogP contribution is -2.53. The first-order chi connectivity index (χ1) is 15.0. The van der Waals surface area contributed by atoms with Crippen molar-refractivity contribution < 1.29 is 9.59 Å². The van der Waals surface area contributed by atoms with Crippen molar-refractivity contribution in [3.8, 4) is 0 Å². The third kappa shape index (κ3) is 3.82. The summed E-state index contributed by atoms with van der Waals surface area (Å²) in [7, 11) is 0. The molecule has 156 valence electrons. The molecular formula is C23H19ClN4O2S. The van der Waals surface area contributed by atoms with Crippen molar-refractivity contribution in [3.05, 3.63) is 70.2 Å². The van der Waals surface area contributed by atoms with Gasteiger partial charge in [-0.25, -0.2) is 0 Å². The van der Waals surface area contributed by atoms with Gasteiger partial charge in [-0.3, -0.25) is 14.6 Å². The zero-order valence-electron chi connectivity index (χ0n) is 16.5. The second kappa shape index (κ2) is 7.83. The lowest BCUT2D eigenvalue weighted by Gasteiger charge is -2.33. The van der Waals surface area contributed by atoms with Gasteiger partial charge in [0.2, 0.25) is 0 Å². The average molecular weight is 451 g/mol. The minimum Gasteiger partial charge on any atom is -0.398 e. The fraction of sp³-hybridized carbons (Fsp3) is 0.174. The number of nitrogens with zero attached hydrogens (tertiary/aromatic N) is 3. The number of rotatable bonds is 4. The molecule has 0 saturated carbocycles. The summed E-state index contributed by atoms with van der Waals surface area (Å²) in [6, 6.07) is 15.3. The van der Waals surface area contributed by atoms with Gasteiger partial charge in [-0.05, 0) is 41.3 Å². The van der Waals surface area contributed by atoms with Crippen LogP contribution in [0.3, 0.4) is 0 Å². The van der Waals surface area contributed by atoms with Gasteiger partial charge in [-0.15, -0.1) is 11.3 Å². The Morgan fingerprint density at radius 3 is 2.55 bits per heavy atom. The van der Waals surface area contributed by atoms with Crippen LogP contribution in [0.25, 0.3) is 21.0 Å². The number of hydrogen-bond donors (Lipinski definition) is 1. The van der Waals surface area contributed by atoms with E-state index in [1.54, 1.807) is 33.4 Å². The summed E-state index contributed by atoms with van der Waals surface area (Å²) in [5.74, 6) is -0.944. The standard InChI is InChI=1S/C23H19ClN4O2S/c24-16-3-2-15-10-17(31-21(15)11-16)13-28-8-7-27(22(29)23(28)30)12-14-1-4-18-19(25)5-6-26-20(18)9-14/h1-6,9-11H,7-8,12-13H2,(H2,25,26). The number of thiophene rings is 1. The number of anilines is 1. The molecule has 2 aromatic heterocycles. The first-order valence-electron chi connectivity index (χ1n) is 9.87. The van der Waals surface area contributed by atoms with Gasteiger partial charge in [0.15, 0.2) is 0 Å². The second-order valence-corrected chi connectivity index (χ2v) is 9.20. The minimum atomic E-state index is -0.476. The first kappa shape index (κ1) is 19.8. The maximum absolute atomic E-state index is 12.7. The van der Waals surface area contributed by atoms with E-state index in [1.807, 2.05) is 42.5 Å². The van der Waals surface area contributed by atoms with Crippen molar-refractivity contribution in [2.24, 2.45) is 0 Å². The van der Waals surface area contributed by atoms with E-state index in [9.17, 15) is 9.59 Å². The van der Waals surface area contributed by atoms with Gasteiger partial charge in [0.05, 0.1) is 12.1 Å². The van der Waals surface area contributed by atoms with Crippen LogP contribution in [0.1, 0.15) is 10.4 Å². The Labute approximate surface area is 187 Å². The molecule has 31 heavy (non-hydrogen) atoms. The van der Waals surface area contributed by atoms with E-state index in [0.717, 1.165) is 31.4 Å². The zero-order chi connectivity index (χ0) is 21.5.